The van der Waals surface area contributed by atoms with Gasteiger partial charge in [-0.2, -0.15) is 0 Å². The van der Waals surface area contributed by atoms with Crippen molar-refractivity contribution in [1.29, 1.82) is 0 Å². The predicted octanol–water partition coefficient (Wildman–Crippen LogP) is 0.589. The highest BCUT2D eigenvalue weighted by Gasteiger charge is 2.51. The van der Waals surface area contributed by atoms with Crippen LogP contribution in [0, 0.1) is 10.8 Å². The normalized spacial score (nSPS) is 40.1. The SMILES string of the molecule is CN1C(=O)NC(=O)C2NC(CCC(=O)N3CC4(C)CC3CC(C)(C)C4)NC21. The van der Waals surface area contributed by atoms with Crippen LogP contribution in [0.15, 0.2) is 0 Å². The van der Waals surface area contributed by atoms with Gasteiger partial charge in [0.1, 0.15) is 12.2 Å². The third-order valence-corrected chi connectivity index (χ3v) is 6.70. The molecule has 3 saturated heterocycles. The number of imide groups is 1. The monoisotopic (exact) mass is 377 g/mol. The summed E-state index contributed by atoms with van der Waals surface area (Å²) < 4.78 is 0. The van der Waals surface area contributed by atoms with Crippen molar-refractivity contribution in [2.24, 2.45) is 10.8 Å². The topological polar surface area (TPSA) is 93.8 Å². The number of likely N-dealkylation sites (N-methyl/N-ethyl adjacent to an activating group) is 1. The Morgan fingerprint density at radius 1 is 1.19 bits per heavy atom. The fraction of sp³-hybridized carbons (Fsp3) is 0.842. The maximum absolute atomic E-state index is 12.9. The van der Waals surface area contributed by atoms with E-state index in [0.29, 0.717) is 24.3 Å². The fourth-order valence-corrected chi connectivity index (χ4v) is 5.94. The molecule has 3 heterocycles. The van der Waals surface area contributed by atoms with Gasteiger partial charge in [-0.25, -0.2) is 4.79 Å². The Morgan fingerprint density at radius 2 is 1.93 bits per heavy atom. The summed E-state index contributed by atoms with van der Waals surface area (Å²) >= 11 is 0. The Labute approximate surface area is 160 Å². The van der Waals surface area contributed by atoms with Gasteiger partial charge in [0.2, 0.25) is 11.8 Å². The first kappa shape index (κ1) is 18.7. The Bertz CT molecular complexity index is 680. The number of nitrogens with zero attached hydrogens (tertiary/aromatic N) is 2. The average molecular weight is 377 g/mol. The minimum absolute atomic E-state index is 0.156. The molecule has 5 atom stereocenters. The highest BCUT2D eigenvalue weighted by Crippen LogP contribution is 2.52. The lowest BCUT2D eigenvalue weighted by atomic mass is 9.65. The van der Waals surface area contributed by atoms with Gasteiger partial charge in [-0.3, -0.25) is 25.5 Å². The molecule has 0 aromatic rings. The first-order valence-corrected chi connectivity index (χ1v) is 9.96. The smallest absolute Gasteiger partial charge is 0.325 e. The van der Waals surface area contributed by atoms with Gasteiger partial charge in [0.05, 0.1) is 6.17 Å². The summed E-state index contributed by atoms with van der Waals surface area (Å²) in [5, 5.41) is 8.84. The van der Waals surface area contributed by atoms with E-state index in [4.69, 9.17) is 0 Å². The van der Waals surface area contributed by atoms with E-state index >= 15 is 0 Å². The first-order valence-electron chi connectivity index (χ1n) is 9.96. The third kappa shape index (κ3) is 3.33. The van der Waals surface area contributed by atoms with Crippen LogP contribution in [-0.2, 0) is 9.59 Å². The van der Waals surface area contributed by atoms with Gasteiger partial charge in [0.25, 0.3) is 0 Å². The zero-order chi connectivity index (χ0) is 19.6. The molecule has 0 aromatic carbocycles. The number of rotatable bonds is 3. The van der Waals surface area contributed by atoms with Crippen molar-refractivity contribution in [3.05, 3.63) is 0 Å². The third-order valence-electron chi connectivity index (χ3n) is 6.70. The average Bonchev–Trinajstić information content (AvgIpc) is 3.08. The first-order chi connectivity index (χ1) is 12.6. The molecule has 4 amide bonds. The van der Waals surface area contributed by atoms with Crippen molar-refractivity contribution in [3.8, 4) is 0 Å². The summed E-state index contributed by atoms with van der Waals surface area (Å²) in [5.41, 5.74) is 0.531. The van der Waals surface area contributed by atoms with Gasteiger partial charge in [-0.1, -0.05) is 20.8 Å². The Morgan fingerprint density at radius 3 is 2.67 bits per heavy atom. The summed E-state index contributed by atoms with van der Waals surface area (Å²) in [7, 11) is 1.66. The molecular weight excluding hydrogens is 346 g/mol. The summed E-state index contributed by atoms with van der Waals surface area (Å²) in [4.78, 5) is 40.3. The molecule has 4 fully saturated rings. The Balaban J connectivity index is 1.34. The molecule has 27 heavy (non-hydrogen) atoms. The van der Waals surface area contributed by atoms with Crippen LogP contribution in [0.25, 0.3) is 0 Å². The molecule has 3 N–H and O–H groups in total. The lowest BCUT2D eigenvalue weighted by Gasteiger charge is -2.39. The van der Waals surface area contributed by atoms with Gasteiger partial charge in [-0.15, -0.1) is 0 Å². The number of carbonyl (C=O) groups is 3. The molecule has 1 saturated carbocycles. The van der Waals surface area contributed by atoms with E-state index in [9.17, 15) is 14.4 Å². The molecule has 4 aliphatic rings. The Kier molecular flexibility index (Phi) is 4.27. The van der Waals surface area contributed by atoms with E-state index in [-0.39, 0.29) is 29.6 Å². The van der Waals surface area contributed by atoms with Crippen molar-refractivity contribution in [2.45, 2.75) is 77.3 Å². The minimum Gasteiger partial charge on any atom is -0.339 e. The second-order valence-corrected chi connectivity index (χ2v) is 9.99. The van der Waals surface area contributed by atoms with Crippen LogP contribution in [0.4, 0.5) is 4.79 Å². The van der Waals surface area contributed by atoms with Gasteiger partial charge in [0, 0.05) is 26.1 Å². The van der Waals surface area contributed by atoms with Gasteiger partial charge < -0.3 is 9.80 Å². The Hall–Kier alpha value is -1.67. The molecule has 0 spiro atoms. The predicted molar refractivity (Wildman–Crippen MR) is 99.4 cm³/mol. The molecule has 5 unspecified atom stereocenters. The van der Waals surface area contributed by atoms with Gasteiger partial charge in [-0.05, 0) is 36.5 Å². The molecule has 0 aromatic heterocycles. The number of urea groups is 1. The summed E-state index contributed by atoms with van der Waals surface area (Å²) in [6.45, 7) is 7.78. The van der Waals surface area contributed by atoms with Crippen LogP contribution < -0.4 is 16.0 Å². The van der Waals surface area contributed by atoms with Crippen molar-refractivity contribution in [1.82, 2.24) is 25.8 Å². The molecule has 3 aliphatic heterocycles. The van der Waals surface area contributed by atoms with E-state index in [2.05, 4.69) is 41.6 Å². The van der Waals surface area contributed by atoms with Crippen LogP contribution in [0.2, 0.25) is 0 Å². The largest absolute Gasteiger partial charge is 0.339 e. The summed E-state index contributed by atoms with van der Waals surface area (Å²) in [6.07, 6.45) is 3.88. The zero-order valence-corrected chi connectivity index (χ0v) is 16.7. The van der Waals surface area contributed by atoms with E-state index < -0.39 is 12.1 Å². The van der Waals surface area contributed by atoms with Crippen molar-refractivity contribution >= 4 is 17.8 Å². The highest BCUT2D eigenvalue weighted by atomic mass is 16.2. The standard InChI is InChI=1S/C19H31N5O3/c1-18(2)7-11-8-19(3,9-18)10-24(11)13(25)6-5-12-20-14-15(21-12)23(4)17(27)22-16(14)26/h11-12,14-15,20-21H,5-10H2,1-4H3,(H,22,26,27). The molecule has 4 rings (SSSR count). The van der Waals surface area contributed by atoms with Crippen LogP contribution in [0.5, 0.6) is 0 Å². The molecular formula is C19H31N5O3. The molecule has 0 radical (unpaired) electrons. The summed E-state index contributed by atoms with van der Waals surface area (Å²) in [5.74, 6) is -0.110. The van der Waals surface area contributed by atoms with Crippen LogP contribution in [0.3, 0.4) is 0 Å². The number of fused-ring (bicyclic) bond motifs is 3. The van der Waals surface area contributed by atoms with E-state index in [0.717, 1.165) is 19.4 Å². The lowest BCUT2D eigenvalue weighted by molar-refractivity contribution is -0.132. The number of hydrogen-bond donors (Lipinski definition) is 3. The number of amides is 4. The second-order valence-electron chi connectivity index (χ2n) is 9.99. The van der Waals surface area contributed by atoms with E-state index in [1.165, 1.54) is 11.3 Å². The van der Waals surface area contributed by atoms with Crippen LogP contribution >= 0.6 is 0 Å². The fourth-order valence-electron chi connectivity index (χ4n) is 5.94. The number of likely N-dealkylation sites (tertiary alicyclic amines) is 1. The minimum atomic E-state index is -0.474. The highest BCUT2D eigenvalue weighted by molar-refractivity contribution is 6.00. The molecule has 1 aliphatic carbocycles. The lowest BCUT2D eigenvalue weighted by Crippen LogP contribution is -2.64. The number of nitrogens with one attached hydrogen (secondary N) is 3. The quantitative estimate of drug-likeness (QED) is 0.669. The van der Waals surface area contributed by atoms with Gasteiger partial charge in [0.15, 0.2) is 0 Å². The van der Waals surface area contributed by atoms with Crippen LogP contribution in [0.1, 0.15) is 52.9 Å². The second kappa shape index (κ2) is 6.17. The van der Waals surface area contributed by atoms with E-state index in [1.54, 1.807) is 7.05 Å². The maximum atomic E-state index is 12.9. The van der Waals surface area contributed by atoms with Crippen molar-refractivity contribution < 1.29 is 14.4 Å². The van der Waals surface area contributed by atoms with Crippen molar-refractivity contribution in [2.75, 3.05) is 13.6 Å². The summed E-state index contributed by atoms with van der Waals surface area (Å²) in [6, 6.07) is -0.515. The zero-order valence-electron chi connectivity index (χ0n) is 16.7. The number of hydrogen-bond acceptors (Lipinski definition) is 5. The molecule has 8 heteroatoms. The van der Waals surface area contributed by atoms with Crippen molar-refractivity contribution in [3.63, 3.8) is 0 Å². The molecule has 150 valence electrons. The number of carbonyl (C=O) groups excluding carboxylic acids is 3. The maximum Gasteiger partial charge on any atom is 0.325 e. The van der Waals surface area contributed by atoms with Crippen LogP contribution in [-0.4, -0.2) is 65.7 Å². The van der Waals surface area contributed by atoms with Gasteiger partial charge >= 0.3 is 6.03 Å². The molecule has 2 bridgehead atoms. The molecule has 8 nitrogen and oxygen atoms in total. The van der Waals surface area contributed by atoms with E-state index in [1.807, 2.05) is 0 Å².